The van der Waals surface area contributed by atoms with Gasteiger partial charge in [0.15, 0.2) is 0 Å². The summed E-state index contributed by atoms with van der Waals surface area (Å²) in [6.45, 7) is 9.19. The van der Waals surface area contributed by atoms with Crippen LogP contribution in [-0.4, -0.2) is 58.6 Å². The summed E-state index contributed by atoms with van der Waals surface area (Å²) in [7, 11) is -2.41. The molecule has 1 saturated heterocycles. The van der Waals surface area contributed by atoms with Gasteiger partial charge in [-0.1, -0.05) is 32.1 Å². The van der Waals surface area contributed by atoms with E-state index in [9.17, 15) is 9.11 Å². The van der Waals surface area contributed by atoms with Gasteiger partial charge in [-0.05, 0) is 39.5 Å². The fourth-order valence-corrected chi connectivity index (χ4v) is 5.34. The molecule has 2 aromatic heterocycles. The Balaban J connectivity index is 1.55. The third-order valence-corrected chi connectivity index (χ3v) is 7.57. The predicted molar refractivity (Wildman–Crippen MR) is 127 cm³/mol. The minimum Gasteiger partial charge on any atom is -0.437 e. The van der Waals surface area contributed by atoms with Crippen LogP contribution in [0, 0.1) is 5.41 Å². The number of hydrogen-bond acceptors (Lipinski definition) is 7. The van der Waals surface area contributed by atoms with Crippen molar-refractivity contribution in [2.24, 2.45) is 5.41 Å². The first-order valence-corrected chi connectivity index (χ1v) is 12.9. The van der Waals surface area contributed by atoms with E-state index in [-0.39, 0.29) is 5.41 Å². The highest BCUT2D eigenvalue weighted by Gasteiger charge is 2.24. The van der Waals surface area contributed by atoms with Gasteiger partial charge in [0.25, 0.3) is 0 Å². The molecule has 1 aromatic carbocycles. The number of rotatable bonds is 5. The van der Waals surface area contributed by atoms with Crippen LogP contribution in [-0.2, 0) is 13.1 Å². The van der Waals surface area contributed by atoms with E-state index in [1.54, 1.807) is 6.20 Å². The van der Waals surface area contributed by atoms with Gasteiger partial charge in [0.1, 0.15) is 11.3 Å². The highest BCUT2D eigenvalue weighted by atomic mass is 79.9. The average molecular weight is 510 g/mol. The van der Waals surface area contributed by atoms with E-state index in [1.165, 1.54) is 0 Å². The van der Waals surface area contributed by atoms with Crippen molar-refractivity contribution < 1.29 is 13.8 Å². The second-order valence-electron chi connectivity index (χ2n) is 9.11. The summed E-state index contributed by atoms with van der Waals surface area (Å²) < 4.78 is 28.5. The third-order valence-electron chi connectivity index (χ3n) is 5.13. The quantitative estimate of drug-likeness (QED) is 0.499. The lowest BCUT2D eigenvalue weighted by atomic mass is 9.97. The maximum Gasteiger partial charge on any atom is 0.223 e. The first-order valence-electron chi connectivity index (χ1n) is 10.2. The fourth-order valence-electron chi connectivity index (χ4n) is 3.54. The second kappa shape index (κ2) is 8.67. The van der Waals surface area contributed by atoms with Crippen LogP contribution in [0.4, 0.5) is 0 Å². The molecule has 0 saturated carbocycles. The number of hydrogen-bond donors (Lipinski definition) is 2. The molecule has 10 heteroatoms. The molecule has 0 amide bonds. The van der Waals surface area contributed by atoms with Gasteiger partial charge < -0.3 is 4.74 Å². The largest absolute Gasteiger partial charge is 0.437 e. The van der Waals surface area contributed by atoms with E-state index >= 15 is 0 Å². The zero-order chi connectivity index (χ0) is 22.2. The van der Waals surface area contributed by atoms with Gasteiger partial charge >= 0.3 is 0 Å². The molecule has 2 N–H and O–H groups in total. The monoisotopic (exact) mass is 509 g/mol. The molecule has 1 fully saturated rings. The number of aromatic nitrogens is 4. The Hall–Kier alpha value is -1.72. The van der Waals surface area contributed by atoms with Crippen LogP contribution in [0.5, 0.6) is 11.6 Å². The van der Waals surface area contributed by atoms with Crippen molar-refractivity contribution in [3.63, 3.8) is 0 Å². The number of benzene rings is 1. The number of nitrogens with zero attached hydrogens (tertiary/aromatic N) is 5. The van der Waals surface area contributed by atoms with Crippen LogP contribution < -0.4 is 4.74 Å². The lowest BCUT2D eigenvalue weighted by molar-refractivity contribution is 0.273. The molecule has 1 aliphatic heterocycles. The van der Waals surface area contributed by atoms with E-state index in [0.717, 1.165) is 27.6 Å². The van der Waals surface area contributed by atoms with Crippen molar-refractivity contribution >= 4 is 37.6 Å². The van der Waals surface area contributed by atoms with E-state index in [0.29, 0.717) is 42.8 Å². The Morgan fingerprint density at radius 1 is 1.16 bits per heavy atom. The van der Waals surface area contributed by atoms with Crippen LogP contribution in [0.2, 0.25) is 0 Å². The Morgan fingerprint density at radius 3 is 2.61 bits per heavy atom. The molecule has 0 bridgehead atoms. The van der Waals surface area contributed by atoms with Crippen molar-refractivity contribution in [2.45, 2.75) is 33.9 Å². The molecule has 0 atom stereocenters. The first kappa shape index (κ1) is 22.5. The molecule has 3 aromatic rings. The molecular formula is C21H28BrN5O3S. The number of pyridine rings is 1. The molecular weight excluding hydrogens is 482 g/mol. The summed E-state index contributed by atoms with van der Waals surface area (Å²) in [5.74, 6) is 1.98. The predicted octanol–water partition coefficient (Wildman–Crippen LogP) is 4.99. The molecule has 1 aliphatic rings. The Kier molecular flexibility index (Phi) is 6.28. The van der Waals surface area contributed by atoms with Gasteiger partial charge in [-0.3, -0.25) is 14.0 Å². The van der Waals surface area contributed by atoms with E-state index in [2.05, 4.69) is 56.9 Å². The Morgan fingerprint density at radius 2 is 1.90 bits per heavy atom. The second-order valence-corrected chi connectivity index (χ2v) is 12.3. The van der Waals surface area contributed by atoms with Gasteiger partial charge in [0.2, 0.25) is 5.88 Å². The van der Waals surface area contributed by atoms with Gasteiger partial charge in [0.05, 0.1) is 21.5 Å². The lowest BCUT2D eigenvalue weighted by Gasteiger charge is -2.41. The van der Waals surface area contributed by atoms with Crippen molar-refractivity contribution in [3.05, 3.63) is 40.5 Å². The number of ether oxygens (including phenoxy) is 1. The zero-order valence-corrected chi connectivity index (χ0v) is 20.4. The summed E-state index contributed by atoms with van der Waals surface area (Å²) in [6, 6.07) is 7.75. The van der Waals surface area contributed by atoms with Crippen LogP contribution in [0.25, 0.3) is 11.0 Å². The highest BCUT2D eigenvalue weighted by molar-refractivity contribution is 9.10. The van der Waals surface area contributed by atoms with Gasteiger partial charge in [-0.25, -0.2) is 9.67 Å². The molecule has 0 unspecified atom stereocenters. The summed E-state index contributed by atoms with van der Waals surface area (Å²) in [4.78, 5) is 6.63. The molecule has 8 nitrogen and oxygen atoms in total. The smallest absolute Gasteiger partial charge is 0.223 e. The number of fused-ring (bicyclic) bond motifs is 1. The minimum atomic E-state index is -2.41. The number of halogens is 1. The van der Waals surface area contributed by atoms with Crippen LogP contribution in [0.15, 0.2) is 34.9 Å². The molecule has 3 heterocycles. The third kappa shape index (κ3) is 5.38. The van der Waals surface area contributed by atoms with Gasteiger partial charge in [-0.2, -0.15) is 10.6 Å². The topological polar surface area (TPSA) is 96.5 Å². The van der Waals surface area contributed by atoms with Crippen LogP contribution in [0.3, 0.4) is 0 Å². The van der Waals surface area contributed by atoms with Gasteiger partial charge in [0, 0.05) is 37.9 Å². The van der Waals surface area contributed by atoms with E-state index in [4.69, 9.17) is 4.74 Å². The van der Waals surface area contributed by atoms with Gasteiger partial charge in [-0.15, -0.1) is 5.10 Å². The van der Waals surface area contributed by atoms with Crippen LogP contribution in [0.1, 0.15) is 26.3 Å². The minimum absolute atomic E-state index is 0.0901. The van der Waals surface area contributed by atoms with Crippen molar-refractivity contribution in [1.29, 1.82) is 0 Å². The lowest BCUT2D eigenvalue weighted by Crippen LogP contribution is -2.37. The standard InChI is InChI=1S/C21H28BrN5O3S/c1-21(2,3)14-27-16-6-7-17(18(22)19(16)24-25-27)30-20-15(5-4-8-23-20)13-26-9-11-31(28,29)12-10-26/h4-8,28-29H,9-14H2,1-3H3. The van der Waals surface area contributed by atoms with E-state index in [1.807, 2.05) is 28.9 Å². The normalized spacial score (nSPS) is 18.3. The van der Waals surface area contributed by atoms with E-state index < -0.39 is 10.6 Å². The first-order chi connectivity index (χ1) is 14.6. The fraction of sp³-hybridized carbons (Fsp3) is 0.476. The molecule has 31 heavy (non-hydrogen) atoms. The van der Waals surface area contributed by atoms with Crippen molar-refractivity contribution in [2.75, 3.05) is 24.6 Å². The zero-order valence-electron chi connectivity index (χ0n) is 18.0. The van der Waals surface area contributed by atoms with Crippen molar-refractivity contribution in [3.8, 4) is 11.6 Å². The maximum absolute atomic E-state index is 9.85. The maximum atomic E-state index is 9.85. The van der Waals surface area contributed by atoms with Crippen molar-refractivity contribution in [1.82, 2.24) is 24.9 Å². The SMILES string of the molecule is CC(C)(C)Cn1nnc2c(Br)c(Oc3ncccc3CN3CCS(O)(O)CC3)ccc21. The van der Waals surface area contributed by atoms with Crippen LogP contribution >= 0.6 is 26.5 Å². The summed E-state index contributed by atoms with van der Waals surface area (Å²) in [5, 5.41) is 8.66. The molecule has 168 valence electrons. The summed E-state index contributed by atoms with van der Waals surface area (Å²) >= 11 is 3.64. The molecule has 0 spiro atoms. The Labute approximate surface area is 192 Å². The Bertz CT molecular complexity index is 1070. The molecule has 4 rings (SSSR count). The highest BCUT2D eigenvalue weighted by Crippen LogP contribution is 2.41. The molecule has 0 aliphatic carbocycles. The average Bonchev–Trinajstić information content (AvgIpc) is 3.09. The summed E-state index contributed by atoms with van der Waals surface area (Å²) in [6.07, 6.45) is 1.71. The molecule has 0 radical (unpaired) electrons. The summed E-state index contributed by atoms with van der Waals surface area (Å²) in [5.41, 5.74) is 2.74.